The highest BCUT2D eigenvalue weighted by atomic mass is 14.9. The lowest BCUT2D eigenvalue weighted by atomic mass is 10.3. The smallest absolute Gasteiger partial charge is 0.0383 e. The van der Waals surface area contributed by atoms with E-state index in [2.05, 4.69) is 11.9 Å². The van der Waals surface area contributed by atoms with Crippen molar-refractivity contribution in [2.75, 3.05) is 11.1 Å². The third kappa shape index (κ3) is 2.34. The summed E-state index contributed by atoms with van der Waals surface area (Å²) >= 11 is 0. The van der Waals surface area contributed by atoms with Crippen LogP contribution in [0.25, 0.3) is 0 Å². The summed E-state index contributed by atoms with van der Waals surface area (Å²) < 4.78 is 0. The zero-order chi connectivity index (χ0) is 8.27. The summed E-state index contributed by atoms with van der Waals surface area (Å²) in [7, 11) is 0. The molecule has 1 aromatic rings. The van der Waals surface area contributed by atoms with E-state index in [1.54, 1.807) is 0 Å². The van der Waals surface area contributed by atoms with Crippen LogP contribution in [0.15, 0.2) is 36.5 Å². The third-order valence-electron chi connectivity index (χ3n) is 1.27. The van der Waals surface area contributed by atoms with Gasteiger partial charge in [-0.05, 0) is 31.2 Å². The molecule has 0 bridgehead atoms. The predicted octanol–water partition coefficient (Wildman–Crippen LogP) is 2.21. The highest BCUT2D eigenvalue weighted by molar-refractivity contribution is 5.53. The van der Waals surface area contributed by atoms with Crippen molar-refractivity contribution in [2.45, 2.75) is 6.92 Å². The van der Waals surface area contributed by atoms with Gasteiger partial charge >= 0.3 is 0 Å². The molecule has 2 nitrogen and oxygen atoms in total. The Bertz CT molecular complexity index is 249. The van der Waals surface area contributed by atoms with Crippen molar-refractivity contribution >= 4 is 11.4 Å². The molecule has 0 aliphatic carbocycles. The molecule has 0 fully saturated rings. The summed E-state index contributed by atoms with van der Waals surface area (Å²) in [6, 6.07) is 7.55. The number of anilines is 2. The van der Waals surface area contributed by atoms with Crippen LogP contribution in [0.1, 0.15) is 6.92 Å². The van der Waals surface area contributed by atoms with Gasteiger partial charge in [-0.3, -0.25) is 0 Å². The molecule has 0 saturated heterocycles. The van der Waals surface area contributed by atoms with Crippen molar-refractivity contribution in [3.05, 3.63) is 36.5 Å². The first-order chi connectivity index (χ1) is 5.18. The van der Waals surface area contributed by atoms with Crippen LogP contribution in [0.3, 0.4) is 0 Å². The van der Waals surface area contributed by atoms with Crippen molar-refractivity contribution in [3.63, 3.8) is 0 Å². The summed E-state index contributed by atoms with van der Waals surface area (Å²) in [5.41, 5.74) is 8.23. The molecule has 0 spiro atoms. The minimum Gasteiger partial charge on any atom is -0.399 e. The van der Waals surface area contributed by atoms with Gasteiger partial charge in [0.05, 0.1) is 0 Å². The normalized spacial score (nSPS) is 9.18. The van der Waals surface area contributed by atoms with Crippen LogP contribution in [-0.4, -0.2) is 0 Å². The fourth-order valence-corrected chi connectivity index (χ4v) is 0.813. The standard InChI is InChI=1S/C9H12N2/c1-7(2)11-9-5-3-8(10)4-6-9/h3-6,11H,1,10H2,2H3. The average Bonchev–Trinajstić information content (AvgIpc) is 1.93. The first-order valence-corrected chi connectivity index (χ1v) is 3.46. The molecular weight excluding hydrogens is 136 g/mol. The number of benzene rings is 1. The molecule has 0 atom stereocenters. The van der Waals surface area contributed by atoms with Crippen molar-refractivity contribution in [2.24, 2.45) is 0 Å². The van der Waals surface area contributed by atoms with Crippen LogP contribution in [-0.2, 0) is 0 Å². The molecule has 3 N–H and O–H groups in total. The molecule has 1 aromatic carbocycles. The lowest BCUT2D eigenvalue weighted by Crippen LogP contribution is -1.93. The largest absolute Gasteiger partial charge is 0.399 e. The van der Waals surface area contributed by atoms with Crippen molar-refractivity contribution in [1.82, 2.24) is 0 Å². The molecule has 0 heterocycles. The molecule has 0 radical (unpaired) electrons. The van der Waals surface area contributed by atoms with E-state index in [-0.39, 0.29) is 0 Å². The van der Waals surface area contributed by atoms with Gasteiger partial charge in [-0.25, -0.2) is 0 Å². The van der Waals surface area contributed by atoms with E-state index in [9.17, 15) is 0 Å². The van der Waals surface area contributed by atoms with Crippen LogP contribution >= 0.6 is 0 Å². The van der Waals surface area contributed by atoms with Gasteiger partial charge in [-0.2, -0.15) is 0 Å². The Morgan fingerprint density at radius 1 is 1.36 bits per heavy atom. The van der Waals surface area contributed by atoms with E-state index >= 15 is 0 Å². The topological polar surface area (TPSA) is 38.0 Å². The second kappa shape index (κ2) is 3.10. The van der Waals surface area contributed by atoms with E-state index in [0.717, 1.165) is 17.1 Å². The second-order valence-electron chi connectivity index (χ2n) is 2.53. The molecule has 0 amide bonds. The molecule has 2 heteroatoms. The van der Waals surface area contributed by atoms with Gasteiger partial charge in [-0.1, -0.05) is 6.58 Å². The first-order valence-electron chi connectivity index (χ1n) is 3.46. The van der Waals surface area contributed by atoms with Crippen molar-refractivity contribution < 1.29 is 0 Å². The average molecular weight is 148 g/mol. The zero-order valence-electron chi connectivity index (χ0n) is 6.59. The number of nitrogen functional groups attached to an aromatic ring is 1. The van der Waals surface area contributed by atoms with E-state index in [1.165, 1.54) is 0 Å². The van der Waals surface area contributed by atoms with E-state index in [4.69, 9.17) is 5.73 Å². The number of hydrogen-bond donors (Lipinski definition) is 2. The van der Waals surface area contributed by atoms with Crippen LogP contribution in [0.4, 0.5) is 11.4 Å². The quantitative estimate of drug-likeness (QED) is 0.631. The molecule has 0 aliphatic heterocycles. The Morgan fingerprint density at radius 3 is 2.36 bits per heavy atom. The van der Waals surface area contributed by atoms with Gasteiger partial charge in [-0.15, -0.1) is 0 Å². The molecule has 0 aromatic heterocycles. The number of hydrogen-bond acceptors (Lipinski definition) is 2. The minimum absolute atomic E-state index is 0.775. The molecule has 1 rings (SSSR count). The highest BCUT2D eigenvalue weighted by Gasteiger charge is 1.89. The molecule has 11 heavy (non-hydrogen) atoms. The predicted molar refractivity (Wildman–Crippen MR) is 49.3 cm³/mol. The fraction of sp³-hybridized carbons (Fsp3) is 0.111. The molecule has 58 valence electrons. The Morgan fingerprint density at radius 2 is 1.91 bits per heavy atom. The molecular formula is C9H12N2. The molecule has 0 unspecified atom stereocenters. The summed E-state index contributed by atoms with van der Waals surface area (Å²) in [4.78, 5) is 0. The van der Waals surface area contributed by atoms with E-state index in [1.807, 2.05) is 31.2 Å². The van der Waals surface area contributed by atoms with Crippen LogP contribution in [0.2, 0.25) is 0 Å². The van der Waals surface area contributed by atoms with Gasteiger partial charge in [0.2, 0.25) is 0 Å². The number of nitrogens with two attached hydrogens (primary N) is 1. The SMILES string of the molecule is C=C(C)Nc1ccc(N)cc1. The van der Waals surface area contributed by atoms with E-state index < -0.39 is 0 Å². The maximum atomic E-state index is 5.51. The Hall–Kier alpha value is -1.44. The lowest BCUT2D eigenvalue weighted by Gasteiger charge is -2.03. The monoisotopic (exact) mass is 148 g/mol. The maximum Gasteiger partial charge on any atom is 0.0383 e. The number of nitrogens with one attached hydrogen (secondary N) is 1. The summed E-state index contributed by atoms with van der Waals surface area (Å²) in [6.07, 6.45) is 0. The van der Waals surface area contributed by atoms with Crippen LogP contribution in [0, 0.1) is 0 Å². The summed E-state index contributed by atoms with van der Waals surface area (Å²) in [6.45, 7) is 5.64. The Labute approximate surface area is 66.7 Å². The fourth-order valence-electron chi connectivity index (χ4n) is 0.813. The zero-order valence-corrected chi connectivity index (χ0v) is 6.59. The maximum absolute atomic E-state index is 5.51. The second-order valence-corrected chi connectivity index (χ2v) is 2.53. The Kier molecular flexibility index (Phi) is 2.16. The number of rotatable bonds is 2. The van der Waals surface area contributed by atoms with Crippen molar-refractivity contribution in [3.8, 4) is 0 Å². The van der Waals surface area contributed by atoms with Crippen LogP contribution < -0.4 is 11.1 Å². The summed E-state index contributed by atoms with van der Waals surface area (Å²) in [5.74, 6) is 0. The first kappa shape index (κ1) is 7.66. The minimum atomic E-state index is 0.775. The van der Waals surface area contributed by atoms with Gasteiger partial charge in [0.1, 0.15) is 0 Å². The Balaban J connectivity index is 2.74. The molecule has 0 aliphatic rings. The molecule has 0 saturated carbocycles. The van der Waals surface area contributed by atoms with Gasteiger partial charge in [0, 0.05) is 17.1 Å². The van der Waals surface area contributed by atoms with E-state index in [0.29, 0.717) is 0 Å². The number of allylic oxidation sites excluding steroid dienone is 1. The van der Waals surface area contributed by atoms with Crippen molar-refractivity contribution in [1.29, 1.82) is 0 Å². The highest BCUT2D eigenvalue weighted by Crippen LogP contribution is 2.11. The van der Waals surface area contributed by atoms with Gasteiger partial charge in [0.25, 0.3) is 0 Å². The third-order valence-corrected chi connectivity index (χ3v) is 1.27. The van der Waals surface area contributed by atoms with Gasteiger partial charge in [0.15, 0.2) is 0 Å². The van der Waals surface area contributed by atoms with Gasteiger partial charge < -0.3 is 11.1 Å². The summed E-state index contributed by atoms with van der Waals surface area (Å²) in [5, 5.41) is 3.08. The lowest BCUT2D eigenvalue weighted by molar-refractivity contribution is 1.40. The van der Waals surface area contributed by atoms with Crippen LogP contribution in [0.5, 0.6) is 0 Å².